The van der Waals surface area contributed by atoms with Crippen molar-refractivity contribution >= 4 is 35.0 Å². The molecule has 1 aliphatic rings. The normalized spacial score (nSPS) is 14.9. The first kappa shape index (κ1) is 27.7. The molecule has 0 saturated heterocycles. The van der Waals surface area contributed by atoms with Gasteiger partial charge in [-0.15, -0.1) is 0 Å². The van der Waals surface area contributed by atoms with Gasteiger partial charge in [0, 0.05) is 5.69 Å². The van der Waals surface area contributed by atoms with E-state index < -0.39 is 11.9 Å². The number of hydrogen-bond acceptors (Lipinski definition) is 6. The molecule has 1 atom stereocenters. The van der Waals surface area contributed by atoms with Crippen molar-refractivity contribution in [1.29, 1.82) is 5.26 Å². The van der Waals surface area contributed by atoms with Crippen molar-refractivity contribution in [2.24, 2.45) is 0 Å². The molecule has 3 aromatic rings. The van der Waals surface area contributed by atoms with E-state index in [9.17, 15) is 14.9 Å². The molecule has 1 amide bonds. The molecule has 0 aromatic heterocycles. The molecule has 0 radical (unpaired) electrons. The third-order valence-electron chi connectivity index (χ3n) is 6.44. The van der Waals surface area contributed by atoms with Gasteiger partial charge in [0.2, 0.25) is 5.91 Å². The van der Waals surface area contributed by atoms with E-state index in [0.29, 0.717) is 21.9 Å². The number of rotatable bonds is 9. The zero-order chi connectivity index (χ0) is 27.8. The number of dihydropyridines is 1. The van der Waals surface area contributed by atoms with E-state index in [-0.39, 0.29) is 18.3 Å². The monoisotopic (exact) mass is 537 g/mol. The summed E-state index contributed by atoms with van der Waals surface area (Å²) in [4.78, 5) is 26.4. The number of nitrogens with zero attached hydrogens (tertiary/aromatic N) is 1. The van der Waals surface area contributed by atoms with E-state index in [1.54, 1.807) is 6.92 Å². The molecule has 39 heavy (non-hydrogen) atoms. The van der Waals surface area contributed by atoms with Crippen LogP contribution in [0.25, 0.3) is 5.70 Å². The number of benzene rings is 3. The third-order valence-corrected chi connectivity index (χ3v) is 7.46. The number of carbonyl (C=O) groups excluding carboxylic acids is 2. The number of carbonyl (C=O) groups is 2. The fourth-order valence-electron chi connectivity index (χ4n) is 4.53. The quantitative estimate of drug-likeness (QED) is 0.310. The van der Waals surface area contributed by atoms with Crippen molar-refractivity contribution in [3.05, 3.63) is 117 Å². The number of esters is 1. The lowest BCUT2D eigenvalue weighted by atomic mass is 9.81. The highest BCUT2D eigenvalue weighted by atomic mass is 32.2. The lowest BCUT2D eigenvalue weighted by Gasteiger charge is -2.31. The van der Waals surface area contributed by atoms with Gasteiger partial charge in [0.05, 0.1) is 46.2 Å². The first-order chi connectivity index (χ1) is 19.0. The third kappa shape index (κ3) is 6.42. The number of hydrogen-bond donors (Lipinski definition) is 2. The summed E-state index contributed by atoms with van der Waals surface area (Å²) in [6.07, 6.45) is 0.801. The fourth-order valence-corrected chi connectivity index (χ4v) is 5.37. The Kier molecular flexibility index (Phi) is 9.24. The molecular weight excluding hydrogens is 506 g/mol. The van der Waals surface area contributed by atoms with E-state index in [0.717, 1.165) is 34.4 Å². The number of anilines is 1. The molecule has 1 heterocycles. The Balaban J connectivity index is 1.75. The van der Waals surface area contributed by atoms with Crippen LogP contribution in [0.4, 0.5) is 5.69 Å². The van der Waals surface area contributed by atoms with Gasteiger partial charge in [-0.25, -0.2) is 4.79 Å². The first-order valence-corrected chi connectivity index (χ1v) is 13.9. The maximum atomic E-state index is 13.4. The molecule has 1 aliphatic heterocycles. The van der Waals surface area contributed by atoms with Crippen LogP contribution in [0.1, 0.15) is 42.0 Å². The Hall–Kier alpha value is -4.28. The molecule has 7 heteroatoms. The van der Waals surface area contributed by atoms with Gasteiger partial charge in [0.25, 0.3) is 0 Å². The lowest BCUT2D eigenvalue weighted by molar-refractivity contribution is -0.138. The molecule has 0 fully saturated rings. The summed E-state index contributed by atoms with van der Waals surface area (Å²) in [6.45, 7) is 5.99. The van der Waals surface area contributed by atoms with Crippen molar-refractivity contribution in [2.75, 3.05) is 17.7 Å². The van der Waals surface area contributed by atoms with Crippen molar-refractivity contribution < 1.29 is 14.3 Å². The largest absolute Gasteiger partial charge is 0.463 e. The molecular formula is C32H31N3O3S. The molecule has 0 unspecified atom stereocenters. The number of aryl methyl sites for hydroxylation is 2. The summed E-state index contributed by atoms with van der Waals surface area (Å²) in [6, 6.07) is 27.3. The number of amides is 1. The summed E-state index contributed by atoms with van der Waals surface area (Å²) in [7, 11) is 0. The summed E-state index contributed by atoms with van der Waals surface area (Å²) in [5.74, 6) is -1.23. The number of nitrogens with one attached hydrogen (secondary N) is 2. The van der Waals surface area contributed by atoms with E-state index in [1.807, 2.05) is 92.7 Å². The SMILES string of the molecule is CCOC(=O)C1=C(c2ccccc2)NC(SCC(=O)Nc2ccccc2CC)=C(C#N)[C@H]1c1ccc(C)cc1. The zero-order valence-electron chi connectivity index (χ0n) is 22.3. The predicted molar refractivity (Wildman–Crippen MR) is 157 cm³/mol. The molecule has 3 aromatic carbocycles. The Morgan fingerprint density at radius 3 is 2.36 bits per heavy atom. The second kappa shape index (κ2) is 13.0. The number of thioether (sulfide) groups is 1. The van der Waals surface area contributed by atoms with Crippen LogP contribution in [0.3, 0.4) is 0 Å². The Labute approximate surface area is 233 Å². The van der Waals surface area contributed by atoms with E-state index in [1.165, 1.54) is 11.8 Å². The van der Waals surface area contributed by atoms with Crippen LogP contribution in [-0.2, 0) is 20.7 Å². The molecule has 2 N–H and O–H groups in total. The molecule has 4 rings (SSSR count). The fraction of sp³-hybridized carbons (Fsp3) is 0.219. The molecule has 0 saturated carbocycles. The summed E-state index contributed by atoms with van der Waals surface area (Å²) in [5.41, 5.74) is 5.79. The molecule has 6 nitrogen and oxygen atoms in total. The highest BCUT2D eigenvalue weighted by molar-refractivity contribution is 8.03. The van der Waals surface area contributed by atoms with Gasteiger partial charge in [-0.1, -0.05) is 97.0 Å². The Morgan fingerprint density at radius 2 is 1.69 bits per heavy atom. The summed E-state index contributed by atoms with van der Waals surface area (Å²) >= 11 is 1.25. The van der Waals surface area contributed by atoms with E-state index in [4.69, 9.17) is 4.74 Å². The van der Waals surface area contributed by atoms with Crippen molar-refractivity contribution in [2.45, 2.75) is 33.1 Å². The average molecular weight is 538 g/mol. The predicted octanol–water partition coefficient (Wildman–Crippen LogP) is 6.33. The zero-order valence-corrected chi connectivity index (χ0v) is 23.1. The van der Waals surface area contributed by atoms with Crippen LogP contribution in [0.5, 0.6) is 0 Å². The second-order valence-corrected chi connectivity index (χ2v) is 10.0. The minimum Gasteiger partial charge on any atom is -0.463 e. The standard InChI is InChI=1S/C32H31N3O3S/c1-4-22-11-9-10-14-26(22)34-27(36)20-39-31-25(19-33)28(23-17-15-21(3)16-18-23)29(32(37)38-5-2)30(35-31)24-12-7-6-8-13-24/h6-18,28,35H,4-5,20H2,1-3H3,(H,34,36)/t28-/m1/s1. The number of allylic oxidation sites excluding steroid dienone is 1. The van der Waals surface area contributed by atoms with Gasteiger partial charge < -0.3 is 15.4 Å². The van der Waals surface area contributed by atoms with Crippen LogP contribution in [0.15, 0.2) is 95.0 Å². The van der Waals surface area contributed by atoms with Gasteiger partial charge >= 0.3 is 5.97 Å². The smallest absolute Gasteiger partial charge is 0.337 e. The number of para-hydroxylation sites is 1. The van der Waals surface area contributed by atoms with Crippen LogP contribution >= 0.6 is 11.8 Å². The summed E-state index contributed by atoms with van der Waals surface area (Å²) in [5, 5.41) is 17.2. The van der Waals surface area contributed by atoms with Crippen LogP contribution in [0, 0.1) is 18.3 Å². The lowest BCUT2D eigenvalue weighted by Crippen LogP contribution is -2.29. The number of nitriles is 1. The molecule has 0 spiro atoms. The maximum absolute atomic E-state index is 13.4. The van der Waals surface area contributed by atoms with Crippen LogP contribution in [0.2, 0.25) is 0 Å². The maximum Gasteiger partial charge on any atom is 0.337 e. The van der Waals surface area contributed by atoms with Crippen molar-refractivity contribution in [1.82, 2.24) is 5.32 Å². The Morgan fingerprint density at radius 1 is 1.00 bits per heavy atom. The molecule has 0 bridgehead atoms. The van der Waals surface area contributed by atoms with Gasteiger partial charge in [-0.3, -0.25) is 4.79 Å². The van der Waals surface area contributed by atoms with E-state index >= 15 is 0 Å². The van der Waals surface area contributed by atoms with Crippen LogP contribution in [-0.4, -0.2) is 24.2 Å². The Bertz CT molecular complexity index is 1450. The topological polar surface area (TPSA) is 91.2 Å². The van der Waals surface area contributed by atoms with Crippen molar-refractivity contribution in [3.8, 4) is 6.07 Å². The van der Waals surface area contributed by atoms with Gasteiger partial charge in [0.1, 0.15) is 0 Å². The summed E-state index contributed by atoms with van der Waals surface area (Å²) < 4.78 is 5.48. The van der Waals surface area contributed by atoms with Gasteiger partial charge in [0.15, 0.2) is 0 Å². The van der Waals surface area contributed by atoms with Crippen LogP contribution < -0.4 is 10.6 Å². The molecule has 198 valence electrons. The second-order valence-electron chi connectivity index (χ2n) is 9.05. The van der Waals surface area contributed by atoms with Crippen molar-refractivity contribution in [3.63, 3.8) is 0 Å². The highest BCUT2D eigenvalue weighted by Crippen LogP contribution is 2.43. The van der Waals surface area contributed by atoms with Gasteiger partial charge in [-0.05, 0) is 43.0 Å². The molecule has 0 aliphatic carbocycles. The average Bonchev–Trinajstić information content (AvgIpc) is 2.96. The van der Waals surface area contributed by atoms with Gasteiger partial charge in [-0.2, -0.15) is 5.26 Å². The first-order valence-electron chi connectivity index (χ1n) is 12.9. The minimum absolute atomic E-state index is 0.0863. The minimum atomic E-state index is -0.655. The highest BCUT2D eigenvalue weighted by Gasteiger charge is 2.37. The number of ether oxygens (including phenoxy) is 1. The van der Waals surface area contributed by atoms with E-state index in [2.05, 4.69) is 16.7 Å².